The van der Waals surface area contributed by atoms with Gasteiger partial charge in [-0.3, -0.25) is 0 Å². The first-order valence-electron chi connectivity index (χ1n) is 6.01. The number of benzene rings is 1. The van der Waals surface area contributed by atoms with E-state index in [4.69, 9.17) is 11.5 Å². The second-order valence-corrected chi connectivity index (χ2v) is 4.14. The van der Waals surface area contributed by atoms with Crippen molar-refractivity contribution in [2.75, 3.05) is 22.9 Å². The Hall–Kier alpha value is -2.23. The molecule has 1 aromatic heterocycles. The van der Waals surface area contributed by atoms with Gasteiger partial charge in [-0.1, -0.05) is 30.3 Å². The van der Waals surface area contributed by atoms with Gasteiger partial charge in [0.1, 0.15) is 0 Å². The van der Waals surface area contributed by atoms with Crippen LogP contribution in [0.5, 0.6) is 0 Å². The first-order chi connectivity index (χ1) is 8.72. The van der Waals surface area contributed by atoms with Gasteiger partial charge in [0, 0.05) is 19.3 Å². The van der Waals surface area contributed by atoms with Crippen molar-refractivity contribution < 1.29 is 0 Å². The molecule has 0 spiro atoms. The lowest BCUT2D eigenvalue weighted by Gasteiger charge is -2.23. The molecule has 4 heteroatoms. The van der Waals surface area contributed by atoms with Gasteiger partial charge in [-0.2, -0.15) is 0 Å². The van der Waals surface area contributed by atoms with Crippen LogP contribution in [-0.2, 0) is 6.54 Å². The molecular weight excluding hydrogens is 224 g/mol. The zero-order valence-corrected chi connectivity index (χ0v) is 10.5. The molecule has 0 atom stereocenters. The number of hydrogen-bond donors (Lipinski definition) is 2. The lowest BCUT2D eigenvalue weighted by atomic mass is 10.2. The van der Waals surface area contributed by atoms with Crippen molar-refractivity contribution in [3.8, 4) is 0 Å². The minimum atomic E-state index is 0.551. The van der Waals surface area contributed by atoms with E-state index in [1.807, 2.05) is 18.2 Å². The Morgan fingerprint density at radius 2 is 1.83 bits per heavy atom. The second kappa shape index (κ2) is 5.40. The highest BCUT2D eigenvalue weighted by atomic mass is 15.2. The second-order valence-electron chi connectivity index (χ2n) is 4.14. The predicted molar refractivity (Wildman–Crippen MR) is 76.2 cm³/mol. The van der Waals surface area contributed by atoms with Gasteiger partial charge in [-0.05, 0) is 18.6 Å². The molecule has 0 radical (unpaired) electrons. The van der Waals surface area contributed by atoms with E-state index in [0.29, 0.717) is 11.4 Å². The molecule has 0 saturated carbocycles. The van der Waals surface area contributed by atoms with Crippen LogP contribution in [0.25, 0.3) is 0 Å². The van der Waals surface area contributed by atoms with E-state index in [0.717, 1.165) is 18.9 Å². The molecule has 2 aromatic rings. The van der Waals surface area contributed by atoms with Gasteiger partial charge in [0.25, 0.3) is 0 Å². The van der Waals surface area contributed by atoms with Gasteiger partial charge in [-0.15, -0.1) is 0 Å². The minimum absolute atomic E-state index is 0.551. The van der Waals surface area contributed by atoms with Crippen LogP contribution >= 0.6 is 0 Å². The van der Waals surface area contributed by atoms with E-state index in [1.165, 1.54) is 5.56 Å². The summed E-state index contributed by atoms with van der Waals surface area (Å²) in [6.07, 6.45) is 1.69. The van der Waals surface area contributed by atoms with Crippen LogP contribution in [0, 0.1) is 0 Å². The molecule has 94 valence electrons. The van der Waals surface area contributed by atoms with Crippen LogP contribution in [0.2, 0.25) is 0 Å². The van der Waals surface area contributed by atoms with E-state index in [2.05, 4.69) is 28.9 Å². The number of aromatic nitrogens is 1. The zero-order chi connectivity index (χ0) is 13.0. The molecule has 0 amide bonds. The van der Waals surface area contributed by atoms with Crippen molar-refractivity contribution in [3.63, 3.8) is 0 Å². The zero-order valence-electron chi connectivity index (χ0n) is 10.5. The summed E-state index contributed by atoms with van der Waals surface area (Å²) in [7, 11) is 0. The molecule has 0 fully saturated rings. The minimum Gasteiger partial charge on any atom is -0.397 e. The van der Waals surface area contributed by atoms with Crippen molar-refractivity contribution in [1.82, 2.24) is 4.98 Å². The molecule has 4 N–H and O–H groups in total. The summed E-state index contributed by atoms with van der Waals surface area (Å²) < 4.78 is 0. The average molecular weight is 242 g/mol. The molecule has 0 aliphatic carbocycles. The average Bonchev–Trinajstić information content (AvgIpc) is 2.41. The van der Waals surface area contributed by atoms with Crippen molar-refractivity contribution >= 4 is 17.2 Å². The summed E-state index contributed by atoms with van der Waals surface area (Å²) >= 11 is 0. The number of anilines is 3. The number of nitrogens with zero attached hydrogens (tertiary/aromatic N) is 2. The van der Waals surface area contributed by atoms with Crippen LogP contribution in [0.1, 0.15) is 12.5 Å². The number of hydrogen-bond acceptors (Lipinski definition) is 4. The van der Waals surface area contributed by atoms with Gasteiger partial charge in [-0.25, -0.2) is 4.98 Å². The summed E-state index contributed by atoms with van der Waals surface area (Å²) in [4.78, 5) is 6.44. The molecule has 0 saturated heterocycles. The Balaban J connectivity index is 2.26. The first-order valence-corrected chi connectivity index (χ1v) is 6.01. The molecule has 0 bridgehead atoms. The maximum Gasteiger partial charge on any atom is 0.154 e. The first kappa shape index (κ1) is 12.2. The maximum atomic E-state index is 5.98. The van der Waals surface area contributed by atoms with Crippen LogP contribution in [-0.4, -0.2) is 11.5 Å². The van der Waals surface area contributed by atoms with Gasteiger partial charge >= 0.3 is 0 Å². The smallest absolute Gasteiger partial charge is 0.154 e. The summed E-state index contributed by atoms with van der Waals surface area (Å²) in [6.45, 7) is 3.68. The van der Waals surface area contributed by atoms with Crippen molar-refractivity contribution in [1.29, 1.82) is 0 Å². The fourth-order valence-electron chi connectivity index (χ4n) is 1.87. The highest BCUT2D eigenvalue weighted by Gasteiger charge is 2.11. The summed E-state index contributed by atoms with van der Waals surface area (Å²) in [5.74, 6) is 0.751. The molecule has 18 heavy (non-hydrogen) atoms. The van der Waals surface area contributed by atoms with Crippen LogP contribution in [0.4, 0.5) is 17.2 Å². The van der Waals surface area contributed by atoms with Crippen molar-refractivity contribution in [2.45, 2.75) is 13.5 Å². The highest BCUT2D eigenvalue weighted by Crippen LogP contribution is 2.26. The molecule has 4 nitrogen and oxygen atoms in total. The quantitative estimate of drug-likeness (QED) is 0.863. The lowest BCUT2D eigenvalue weighted by Crippen LogP contribution is -2.24. The fraction of sp³-hybridized carbons (Fsp3) is 0.214. The van der Waals surface area contributed by atoms with E-state index in [1.54, 1.807) is 12.3 Å². The molecular formula is C14H18N4. The number of rotatable bonds is 4. The Morgan fingerprint density at radius 1 is 1.11 bits per heavy atom. The third-order valence-corrected chi connectivity index (χ3v) is 2.90. The number of pyridine rings is 1. The molecule has 2 rings (SSSR count). The third-order valence-electron chi connectivity index (χ3n) is 2.90. The number of nitrogen functional groups attached to an aromatic ring is 2. The van der Waals surface area contributed by atoms with Gasteiger partial charge < -0.3 is 16.4 Å². The van der Waals surface area contributed by atoms with E-state index >= 15 is 0 Å². The topological polar surface area (TPSA) is 68.2 Å². The summed E-state index contributed by atoms with van der Waals surface area (Å²) in [5.41, 5.74) is 14.2. The maximum absolute atomic E-state index is 5.98. The Labute approximate surface area is 107 Å². The van der Waals surface area contributed by atoms with Gasteiger partial charge in [0.15, 0.2) is 5.82 Å². The normalized spacial score (nSPS) is 10.3. The predicted octanol–water partition coefficient (Wildman–Crippen LogP) is 2.27. The number of nitrogens with two attached hydrogens (primary N) is 2. The lowest BCUT2D eigenvalue weighted by molar-refractivity contribution is 0.816. The standard InChI is InChI=1S/C14H18N4/c1-2-18(10-11-6-4-3-5-7-11)14-13(16)12(15)8-9-17-14/h3-9H,2,10,16H2,1H3,(H2,15,17). The van der Waals surface area contributed by atoms with Crippen molar-refractivity contribution in [3.05, 3.63) is 48.2 Å². The third kappa shape index (κ3) is 2.53. The molecule has 1 heterocycles. The van der Waals surface area contributed by atoms with Crippen LogP contribution in [0.3, 0.4) is 0 Å². The van der Waals surface area contributed by atoms with Crippen LogP contribution < -0.4 is 16.4 Å². The monoisotopic (exact) mass is 242 g/mol. The largest absolute Gasteiger partial charge is 0.397 e. The highest BCUT2D eigenvalue weighted by molar-refractivity contribution is 5.76. The Kier molecular flexibility index (Phi) is 3.67. The van der Waals surface area contributed by atoms with E-state index in [9.17, 15) is 0 Å². The molecule has 0 unspecified atom stereocenters. The molecule has 0 aliphatic heterocycles. The van der Waals surface area contributed by atoms with Crippen molar-refractivity contribution in [2.24, 2.45) is 0 Å². The Morgan fingerprint density at radius 3 is 2.50 bits per heavy atom. The summed E-state index contributed by atoms with van der Waals surface area (Å²) in [5, 5.41) is 0. The van der Waals surface area contributed by atoms with Crippen LogP contribution in [0.15, 0.2) is 42.6 Å². The van der Waals surface area contributed by atoms with Gasteiger partial charge in [0.05, 0.1) is 11.4 Å². The summed E-state index contributed by atoms with van der Waals surface area (Å²) in [6, 6.07) is 12.0. The SMILES string of the molecule is CCN(Cc1ccccc1)c1nccc(N)c1N. The molecule has 1 aromatic carbocycles. The van der Waals surface area contributed by atoms with E-state index in [-0.39, 0.29) is 0 Å². The van der Waals surface area contributed by atoms with E-state index < -0.39 is 0 Å². The Bertz CT molecular complexity index is 510. The van der Waals surface area contributed by atoms with Gasteiger partial charge in [0.2, 0.25) is 0 Å². The molecule has 0 aliphatic rings. The fourth-order valence-corrected chi connectivity index (χ4v) is 1.87.